The van der Waals surface area contributed by atoms with Gasteiger partial charge in [0.1, 0.15) is 0 Å². The van der Waals surface area contributed by atoms with Gasteiger partial charge >= 0.3 is 0 Å². The molecule has 40 heavy (non-hydrogen) atoms. The van der Waals surface area contributed by atoms with Crippen LogP contribution < -0.4 is 10.6 Å². The van der Waals surface area contributed by atoms with Gasteiger partial charge in [-0.15, -0.1) is 0 Å². The largest absolute Gasteiger partial charge is 0.325 e. The SMILES string of the molecule is Cc1ccc(CC(=O)Nc2ccc(NC(=O)/C=C/c3cccc4ccccc34)cc2C(=O)c2ccccc2)cc1. The van der Waals surface area contributed by atoms with Gasteiger partial charge in [-0.3, -0.25) is 14.4 Å². The van der Waals surface area contributed by atoms with Gasteiger partial charge in [0.05, 0.1) is 12.1 Å². The van der Waals surface area contributed by atoms with Crippen molar-refractivity contribution in [3.05, 3.63) is 149 Å². The maximum atomic E-state index is 13.4. The van der Waals surface area contributed by atoms with Crippen LogP contribution in [0, 0.1) is 6.92 Å². The van der Waals surface area contributed by atoms with Crippen molar-refractivity contribution in [3.63, 3.8) is 0 Å². The second kappa shape index (κ2) is 12.0. The molecule has 0 aromatic heterocycles. The molecule has 0 spiro atoms. The number of anilines is 2. The first-order valence-electron chi connectivity index (χ1n) is 13.0. The summed E-state index contributed by atoms with van der Waals surface area (Å²) in [4.78, 5) is 39.1. The third kappa shape index (κ3) is 6.40. The number of carbonyl (C=O) groups excluding carboxylic acids is 3. The van der Waals surface area contributed by atoms with Gasteiger partial charge in [0.15, 0.2) is 5.78 Å². The smallest absolute Gasteiger partial charge is 0.248 e. The van der Waals surface area contributed by atoms with Crippen LogP contribution in [0.3, 0.4) is 0 Å². The highest BCUT2D eigenvalue weighted by Crippen LogP contribution is 2.25. The van der Waals surface area contributed by atoms with Crippen molar-refractivity contribution < 1.29 is 14.4 Å². The van der Waals surface area contributed by atoms with E-state index in [1.807, 2.05) is 79.7 Å². The number of hydrogen-bond donors (Lipinski definition) is 2. The Morgan fingerprint density at radius 1 is 0.725 bits per heavy atom. The van der Waals surface area contributed by atoms with Gasteiger partial charge in [-0.05, 0) is 53.1 Å². The highest BCUT2D eigenvalue weighted by molar-refractivity contribution is 6.15. The number of rotatable bonds is 8. The van der Waals surface area contributed by atoms with E-state index in [1.165, 1.54) is 6.08 Å². The zero-order valence-electron chi connectivity index (χ0n) is 22.1. The fourth-order valence-electron chi connectivity index (χ4n) is 4.49. The molecule has 0 radical (unpaired) electrons. The summed E-state index contributed by atoms with van der Waals surface area (Å²) < 4.78 is 0. The molecule has 5 heteroatoms. The van der Waals surface area contributed by atoms with Gasteiger partial charge in [-0.25, -0.2) is 0 Å². The van der Waals surface area contributed by atoms with Crippen molar-refractivity contribution in [3.8, 4) is 0 Å². The van der Waals surface area contributed by atoms with Gasteiger partial charge in [-0.2, -0.15) is 0 Å². The predicted molar refractivity (Wildman–Crippen MR) is 161 cm³/mol. The maximum absolute atomic E-state index is 13.4. The molecule has 5 rings (SSSR count). The molecule has 0 aliphatic heterocycles. The Bertz CT molecular complexity index is 1720. The molecule has 0 bridgehead atoms. The Kier molecular flexibility index (Phi) is 7.93. The summed E-state index contributed by atoms with van der Waals surface area (Å²) in [6, 6.07) is 35.4. The van der Waals surface area contributed by atoms with Gasteiger partial charge in [-0.1, -0.05) is 103 Å². The second-order valence-electron chi connectivity index (χ2n) is 9.56. The minimum Gasteiger partial charge on any atom is -0.325 e. The van der Waals surface area contributed by atoms with Gasteiger partial charge < -0.3 is 10.6 Å². The van der Waals surface area contributed by atoms with Crippen LogP contribution in [0.25, 0.3) is 16.8 Å². The lowest BCUT2D eigenvalue weighted by atomic mass is 10.0. The van der Waals surface area contributed by atoms with E-state index in [0.717, 1.165) is 27.5 Å². The molecule has 2 N–H and O–H groups in total. The molecule has 2 amide bonds. The fourth-order valence-corrected chi connectivity index (χ4v) is 4.49. The van der Waals surface area contributed by atoms with Gasteiger partial charge in [0.25, 0.3) is 0 Å². The summed E-state index contributed by atoms with van der Waals surface area (Å²) >= 11 is 0. The number of benzene rings is 5. The first-order chi connectivity index (χ1) is 19.5. The number of nitrogens with one attached hydrogen (secondary N) is 2. The summed E-state index contributed by atoms with van der Waals surface area (Å²) in [5.41, 5.74) is 4.53. The number of fused-ring (bicyclic) bond motifs is 1. The molecule has 5 nitrogen and oxygen atoms in total. The van der Waals surface area contributed by atoms with E-state index in [1.54, 1.807) is 48.5 Å². The molecule has 0 fully saturated rings. The summed E-state index contributed by atoms with van der Waals surface area (Å²) in [5.74, 6) is -0.823. The van der Waals surface area contributed by atoms with Crippen LogP contribution in [0.2, 0.25) is 0 Å². The van der Waals surface area contributed by atoms with Crippen LogP contribution in [0.15, 0.2) is 121 Å². The molecule has 196 valence electrons. The fraction of sp³-hybridized carbons (Fsp3) is 0.0571. The third-order valence-electron chi connectivity index (χ3n) is 6.56. The summed E-state index contributed by atoms with van der Waals surface area (Å²) in [5, 5.41) is 7.87. The van der Waals surface area contributed by atoms with Crippen LogP contribution in [-0.2, 0) is 16.0 Å². The average molecular weight is 525 g/mol. The van der Waals surface area contributed by atoms with E-state index in [0.29, 0.717) is 22.5 Å². The molecule has 0 atom stereocenters. The molecule has 0 saturated heterocycles. The highest BCUT2D eigenvalue weighted by Gasteiger charge is 2.17. The van der Waals surface area contributed by atoms with E-state index in [9.17, 15) is 14.4 Å². The van der Waals surface area contributed by atoms with Crippen LogP contribution in [0.4, 0.5) is 11.4 Å². The number of carbonyl (C=O) groups is 3. The number of aryl methyl sites for hydroxylation is 1. The Labute approximate surface area is 233 Å². The van der Waals surface area contributed by atoms with Crippen molar-refractivity contribution >= 4 is 45.8 Å². The molecule has 0 aliphatic carbocycles. The van der Waals surface area contributed by atoms with Crippen molar-refractivity contribution in [2.75, 3.05) is 10.6 Å². The lowest BCUT2D eigenvalue weighted by Crippen LogP contribution is -2.18. The Hall–Kier alpha value is -5.29. The molecule has 0 unspecified atom stereocenters. The van der Waals surface area contributed by atoms with Crippen LogP contribution in [0.1, 0.15) is 32.6 Å². The summed E-state index contributed by atoms with van der Waals surface area (Å²) in [6.07, 6.45) is 3.42. The zero-order valence-corrected chi connectivity index (χ0v) is 22.1. The minimum atomic E-state index is -0.331. The third-order valence-corrected chi connectivity index (χ3v) is 6.56. The first-order valence-corrected chi connectivity index (χ1v) is 13.0. The summed E-state index contributed by atoms with van der Waals surface area (Å²) in [6.45, 7) is 1.99. The molecular formula is C35H28N2O3. The molecule has 0 heterocycles. The van der Waals surface area contributed by atoms with Crippen molar-refractivity contribution in [1.82, 2.24) is 0 Å². The molecule has 0 aliphatic rings. The molecule has 5 aromatic carbocycles. The predicted octanol–water partition coefficient (Wildman–Crippen LogP) is 7.21. The first kappa shape index (κ1) is 26.3. The molecule has 0 saturated carbocycles. The second-order valence-corrected chi connectivity index (χ2v) is 9.56. The number of hydrogen-bond acceptors (Lipinski definition) is 3. The zero-order chi connectivity index (χ0) is 27.9. The quantitative estimate of drug-likeness (QED) is 0.166. The summed E-state index contributed by atoms with van der Waals surface area (Å²) in [7, 11) is 0. The van der Waals surface area contributed by atoms with E-state index >= 15 is 0 Å². The van der Waals surface area contributed by atoms with Crippen LogP contribution in [-0.4, -0.2) is 17.6 Å². The maximum Gasteiger partial charge on any atom is 0.248 e. The topological polar surface area (TPSA) is 75.3 Å². The van der Waals surface area contributed by atoms with E-state index in [4.69, 9.17) is 0 Å². The van der Waals surface area contributed by atoms with E-state index in [-0.39, 0.29) is 24.0 Å². The van der Waals surface area contributed by atoms with Crippen molar-refractivity contribution in [2.24, 2.45) is 0 Å². The van der Waals surface area contributed by atoms with Gasteiger partial charge in [0.2, 0.25) is 11.8 Å². The van der Waals surface area contributed by atoms with E-state index in [2.05, 4.69) is 10.6 Å². The number of ketones is 1. The van der Waals surface area contributed by atoms with Crippen molar-refractivity contribution in [1.29, 1.82) is 0 Å². The normalized spacial score (nSPS) is 10.9. The van der Waals surface area contributed by atoms with E-state index < -0.39 is 0 Å². The van der Waals surface area contributed by atoms with Crippen molar-refractivity contribution in [2.45, 2.75) is 13.3 Å². The standard InChI is InChI=1S/C35H28N2O3/c1-24-14-16-25(17-15-24)22-34(39)37-32-20-19-29(23-31(32)35(40)28-9-3-2-4-10-28)36-33(38)21-18-27-12-7-11-26-8-5-6-13-30(26)27/h2-21,23H,22H2,1H3,(H,36,38)(H,37,39)/b21-18+. The Morgan fingerprint density at radius 3 is 2.25 bits per heavy atom. The van der Waals surface area contributed by atoms with Crippen LogP contribution in [0.5, 0.6) is 0 Å². The monoisotopic (exact) mass is 524 g/mol. The number of amides is 2. The highest BCUT2D eigenvalue weighted by atomic mass is 16.2. The molecular weight excluding hydrogens is 496 g/mol. The lowest BCUT2D eigenvalue weighted by molar-refractivity contribution is -0.115. The van der Waals surface area contributed by atoms with Gasteiger partial charge in [0, 0.05) is 22.9 Å². The Morgan fingerprint density at radius 2 is 1.45 bits per heavy atom. The molecule has 5 aromatic rings. The minimum absolute atomic E-state index is 0.177. The lowest BCUT2D eigenvalue weighted by Gasteiger charge is -2.13. The average Bonchev–Trinajstić information content (AvgIpc) is 2.98. The Balaban J connectivity index is 1.37. The van der Waals surface area contributed by atoms with Crippen LogP contribution >= 0.6 is 0 Å².